The van der Waals surface area contributed by atoms with Crippen molar-refractivity contribution >= 4 is 28.5 Å². The number of aromatic nitrogens is 1. The van der Waals surface area contributed by atoms with Gasteiger partial charge < -0.3 is 9.30 Å². The minimum absolute atomic E-state index is 0.345. The fourth-order valence-electron chi connectivity index (χ4n) is 4.07. The molecule has 152 valence electrons. The van der Waals surface area contributed by atoms with E-state index in [4.69, 9.17) is 9.73 Å². The maximum Gasteiger partial charge on any atom is 0.337 e. The van der Waals surface area contributed by atoms with Crippen LogP contribution in [0.15, 0.2) is 35.3 Å². The lowest BCUT2D eigenvalue weighted by Crippen LogP contribution is -2.03. The molecule has 0 atom stereocenters. The van der Waals surface area contributed by atoms with Crippen LogP contribution in [0.2, 0.25) is 0 Å². The highest BCUT2D eigenvalue weighted by Crippen LogP contribution is 2.39. The third-order valence-electron chi connectivity index (χ3n) is 5.60. The number of nitriles is 1. The van der Waals surface area contributed by atoms with Crippen LogP contribution in [0.4, 0.5) is 5.00 Å². The zero-order chi connectivity index (χ0) is 21.3. The summed E-state index contributed by atoms with van der Waals surface area (Å²) in [6.07, 6.45) is 6.25. The van der Waals surface area contributed by atoms with Crippen molar-refractivity contribution in [2.45, 2.75) is 39.5 Å². The molecular weight excluding hydrogens is 394 g/mol. The predicted octanol–water partition coefficient (Wildman–Crippen LogP) is 5.44. The molecular formula is C24H23N3O2S. The van der Waals surface area contributed by atoms with Crippen LogP contribution < -0.4 is 0 Å². The molecule has 4 rings (SSSR count). The van der Waals surface area contributed by atoms with Crippen LogP contribution in [0.1, 0.15) is 56.2 Å². The first kappa shape index (κ1) is 20.1. The summed E-state index contributed by atoms with van der Waals surface area (Å²) in [5.41, 5.74) is 6.60. The fraction of sp³-hybridized carbons (Fsp3) is 0.292. The summed E-state index contributed by atoms with van der Waals surface area (Å²) in [7, 11) is 1.38. The van der Waals surface area contributed by atoms with E-state index >= 15 is 0 Å². The number of esters is 1. The molecule has 0 saturated carbocycles. The lowest BCUT2D eigenvalue weighted by Gasteiger charge is -2.10. The number of benzene rings is 1. The monoisotopic (exact) mass is 417 g/mol. The minimum Gasteiger partial charge on any atom is -0.465 e. The Morgan fingerprint density at radius 3 is 2.67 bits per heavy atom. The van der Waals surface area contributed by atoms with Gasteiger partial charge in [-0.3, -0.25) is 0 Å². The molecule has 6 heteroatoms. The number of aryl methyl sites for hydroxylation is 2. The Hall–Kier alpha value is -3.17. The van der Waals surface area contributed by atoms with E-state index in [2.05, 4.69) is 16.7 Å². The predicted molar refractivity (Wildman–Crippen MR) is 120 cm³/mol. The zero-order valence-corrected chi connectivity index (χ0v) is 18.2. The van der Waals surface area contributed by atoms with Gasteiger partial charge in [-0.2, -0.15) is 5.26 Å². The standard InChI is InChI=1S/C24H23N3O2S/c1-15-12-18(14-26-23-21(13-25)20-6-4-5-7-22(20)30-23)16(2)27(15)19-10-8-17(9-11-19)24(28)29-3/h8-12,14H,4-7H2,1-3H3. The number of carbonyl (C=O) groups is 1. The summed E-state index contributed by atoms with van der Waals surface area (Å²) in [5.74, 6) is -0.345. The van der Waals surface area contributed by atoms with Crippen molar-refractivity contribution in [2.24, 2.45) is 4.99 Å². The van der Waals surface area contributed by atoms with Gasteiger partial charge in [-0.25, -0.2) is 9.79 Å². The van der Waals surface area contributed by atoms with E-state index in [1.807, 2.05) is 32.2 Å². The Labute approximate surface area is 180 Å². The lowest BCUT2D eigenvalue weighted by atomic mass is 9.96. The quantitative estimate of drug-likeness (QED) is 0.419. The number of fused-ring (bicyclic) bond motifs is 1. The van der Waals surface area contributed by atoms with Crippen molar-refractivity contribution in [3.8, 4) is 11.8 Å². The average molecular weight is 418 g/mol. The zero-order valence-electron chi connectivity index (χ0n) is 17.4. The molecule has 1 aliphatic carbocycles. The smallest absolute Gasteiger partial charge is 0.337 e. The summed E-state index contributed by atoms with van der Waals surface area (Å²) >= 11 is 1.65. The van der Waals surface area contributed by atoms with Gasteiger partial charge in [0.25, 0.3) is 0 Å². The van der Waals surface area contributed by atoms with Crippen LogP contribution in [0.5, 0.6) is 0 Å². The first-order chi connectivity index (χ1) is 14.5. The van der Waals surface area contributed by atoms with Crippen LogP contribution >= 0.6 is 11.3 Å². The lowest BCUT2D eigenvalue weighted by molar-refractivity contribution is 0.0600. The Bertz CT molecular complexity index is 1180. The number of carbonyl (C=O) groups excluding carboxylic acids is 1. The Morgan fingerprint density at radius 1 is 1.23 bits per heavy atom. The molecule has 5 nitrogen and oxygen atoms in total. The van der Waals surface area contributed by atoms with E-state index in [0.29, 0.717) is 5.56 Å². The van der Waals surface area contributed by atoms with Gasteiger partial charge in [-0.05, 0) is 75.4 Å². The normalized spacial score (nSPS) is 13.3. The maximum atomic E-state index is 11.7. The van der Waals surface area contributed by atoms with E-state index in [-0.39, 0.29) is 5.97 Å². The number of ether oxygens (including phenoxy) is 1. The third-order valence-corrected chi connectivity index (χ3v) is 6.80. The van der Waals surface area contributed by atoms with Gasteiger partial charge in [-0.1, -0.05) is 0 Å². The van der Waals surface area contributed by atoms with Gasteiger partial charge >= 0.3 is 5.97 Å². The molecule has 0 radical (unpaired) electrons. The van der Waals surface area contributed by atoms with Crippen molar-refractivity contribution < 1.29 is 9.53 Å². The molecule has 0 amide bonds. The fourth-order valence-corrected chi connectivity index (χ4v) is 5.25. The number of hydrogen-bond acceptors (Lipinski definition) is 5. The largest absolute Gasteiger partial charge is 0.465 e. The summed E-state index contributed by atoms with van der Waals surface area (Å²) in [5, 5.41) is 10.5. The first-order valence-electron chi connectivity index (χ1n) is 10.00. The van der Waals surface area contributed by atoms with Crippen LogP contribution in [0, 0.1) is 25.2 Å². The Morgan fingerprint density at radius 2 is 1.97 bits per heavy atom. The summed E-state index contributed by atoms with van der Waals surface area (Å²) < 4.78 is 6.90. The van der Waals surface area contributed by atoms with Gasteiger partial charge in [-0.15, -0.1) is 11.3 Å². The van der Waals surface area contributed by atoms with E-state index in [1.54, 1.807) is 23.5 Å². The van der Waals surface area contributed by atoms with E-state index < -0.39 is 0 Å². The number of aliphatic imine (C=N–C) groups is 1. The number of hydrogen-bond donors (Lipinski definition) is 0. The van der Waals surface area contributed by atoms with Crippen LogP contribution in [0.3, 0.4) is 0 Å². The topological polar surface area (TPSA) is 67.4 Å². The van der Waals surface area contributed by atoms with Crippen molar-refractivity contribution in [1.82, 2.24) is 4.57 Å². The van der Waals surface area contributed by atoms with Gasteiger partial charge in [0.05, 0.1) is 18.2 Å². The molecule has 0 N–H and O–H groups in total. The number of nitrogens with zero attached hydrogens (tertiary/aromatic N) is 3. The number of methoxy groups -OCH3 is 1. The van der Waals surface area contributed by atoms with E-state index in [0.717, 1.165) is 52.5 Å². The maximum absolute atomic E-state index is 11.7. The third kappa shape index (κ3) is 3.57. The molecule has 0 aliphatic heterocycles. The van der Waals surface area contributed by atoms with Crippen molar-refractivity contribution in [3.63, 3.8) is 0 Å². The minimum atomic E-state index is -0.345. The highest BCUT2D eigenvalue weighted by molar-refractivity contribution is 7.16. The second-order valence-corrected chi connectivity index (χ2v) is 8.55. The molecule has 0 unspecified atom stereocenters. The molecule has 30 heavy (non-hydrogen) atoms. The highest BCUT2D eigenvalue weighted by atomic mass is 32.1. The SMILES string of the molecule is COC(=O)c1ccc(-n2c(C)cc(C=Nc3sc4c(c3C#N)CCCC4)c2C)cc1. The van der Waals surface area contributed by atoms with Crippen LogP contribution in [-0.4, -0.2) is 23.9 Å². The molecule has 0 saturated heterocycles. The molecule has 2 aromatic heterocycles. The van der Waals surface area contributed by atoms with Crippen molar-refractivity contribution in [2.75, 3.05) is 7.11 Å². The van der Waals surface area contributed by atoms with Gasteiger partial charge in [0.1, 0.15) is 11.1 Å². The summed E-state index contributed by atoms with van der Waals surface area (Å²) in [4.78, 5) is 17.7. The van der Waals surface area contributed by atoms with Crippen LogP contribution in [-0.2, 0) is 17.6 Å². The van der Waals surface area contributed by atoms with Crippen molar-refractivity contribution in [3.05, 3.63) is 68.9 Å². The molecule has 1 aromatic carbocycles. The average Bonchev–Trinajstić information content (AvgIpc) is 3.27. The summed E-state index contributed by atoms with van der Waals surface area (Å²) in [6, 6.07) is 11.8. The Balaban J connectivity index is 1.66. The van der Waals surface area contributed by atoms with Crippen molar-refractivity contribution in [1.29, 1.82) is 5.26 Å². The Kier molecular flexibility index (Phi) is 5.56. The van der Waals surface area contributed by atoms with E-state index in [9.17, 15) is 10.1 Å². The molecule has 0 bridgehead atoms. The molecule has 1 aliphatic rings. The van der Waals surface area contributed by atoms with Crippen LogP contribution in [0.25, 0.3) is 5.69 Å². The number of thiophene rings is 1. The van der Waals surface area contributed by atoms with E-state index in [1.165, 1.54) is 24.0 Å². The summed E-state index contributed by atoms with van der Waals surface area (Å²) in [6.45, 7) is 4.09. The van der Waals surface area contributed by atoms with Gasteiger partial charge in [0, 0.05) is 33.7 Å². The molecule has 0 fully saturated rings. The second kappa shape index (κ2) is 8.29. The molecule has 3 aromatic rings. The van der Waals surface area contributed by atoms with Gasteiger partial charge in [0.2, 0.25) is 0 Å². The second-order valence-electron chi connectivity index (χ2n) is 7.46. The highest BCUT2D eigenvalue weighted by Gasteiger charge is 2.20. The molecule has 2 heterocycles. The number of rotatable bonds is 4. The first-order valence-corrected chi connectivity index (χ1v) is 10.8. The molecule has 0 spiro atoms. The van der Waals surface area contributed by atoms with Gasteiger partial charge in [0.15, 0.2) is 0 Å².